The number of aromatic nitrogens is 1. The summed E-state index contributed by atoms with van der Waals surface area (Å²) in [6.07, 6.45) is 1.55. The van der Waals surface area contributed by atoms with Gasteiger partial charge in [-0.2, -0.15) is 0 Å². The molecule has 2 heterocycles. The number of nitrogens with zero attached hydrogens (tertiary/aromatic N) is 1. The predicted octanol–water partition coefficient (Wildman–Crippen LogP) is 0.795. The average Bonchev–Trinajstić information content (AvgIpc) is 2.56. The normalized spacial score (nSPS) is 14.5. The molecule has 1 aromatic carbocycles. The Labute approximate surface area is 141 Å². The number of para-hydroxylation sites is 2. The molecule has 0 atom stereocenters. The number of nitrogens with one attached hydrogen (secondary N) is 3. The smallest absolute Gasteiger partial charge is 0.328 e. The number of amides is 5. The summed E-state index contributed by atoms with van der Waals surface area (Å²) in [6, 6.07) is 10.6. The molecule has 0 bridgehead atoms. The molecule has 1 fully saturated rings. The second-order valence-corrected chi connectivity index (χ2v) is 5.00. The summed E-state index contributed by atoms with van der Waals surface area (Å²) >= 11 is 0. The number of ether oxygens (including phenoxy) is 1. The van der Waals surface area contributed by atoms with Crippen molar-refractivity contribution in [2.75, 3.05) is 5.32 Å². The number of carbonyl (C=O) groups excluding carboxylic acids is 4. The van der Waals surface area contributed by atoms with Gasteiger partial charge in [0.1, 0.15) is 0 Å². The lowest BCUT2D eigenvalue weighted by molar-refractivity contribution is -0.141. The topological polar surface area (TPSA) is 126 Å². The van der Waals surface area contributed by atoms with Crippen LogP contribution in [0, 0.1) is 5.92 Å². The van der Waals surface area contributed by atoms with Crippen LogP contribution in [-0.4, -0.2) is 28.7 Å². The zero-order valence-corrected chi connectivity index (χ0v) is 12.7. The van der Waals surface area contributed by atoms with Gasteiger partial charge in [-0.1, -0.05) is 18.2 Å². The van der Waals surface area contributed by atoms with E-state index in [9.17, 15) is 19.2 Å². The van der Waals surface area contributed by atoms with Gasteiger partial charge in [-0.3, -0.25) is 25.0 Å². The van der Waals surface area contributed by atoms with E-state index in [1.807, 2.05) is 10.6 Å². The van der Waals surface area contributed by atoms with Crippen LogP contribution in [0.1, 0.15) is 0 Å². The standard InChI is InChI=1S/C16H12N4O5/c21-13(12-14(22)19-16(24)20-15(12)23)18-9-5-1-2-6-10(9)25-11-7-3-4-8-17-11/h1-8,12H,(H,18,21)(H2,19,20,22,23,24). The largest absolute Gasteiger partial charge is 0.437 e. The van der Waals surface area contributed by atoms with Crippen molar-refractivity contribution < 1.29 is 23.9 Å². The monoisotopic (exact) mass is 340 g/mol. The molecule has 0 saturated carbocycles. The number of pyridine rings is 1. The Morgan fingerprint density at radius 2 is 1.68 bits per heavy atom. The Kier molecular flexibility index (Phi) is 4.38. The molecular weight excluding hydrogens is 328 g/mol. The third-order valence-electron chi connectivity index (χ3n) is 3.26. The maximum Gasteiger partial charge on any atom is 0.328 e. The zero-order chi connectivity index (χ0) is 17.8. The fourth-order valence-corrected chi connectivity index (χ4v) is 2.14. The summed E-state index contributed by atoms with van der Waals surface area (Å²) in [6.45, 7) is 0. The number of hydrogen-bond donors (Lipinski definition) is 3. The molecule has 0 radical (unpaired) electrons. The number of carbonyl (C=O) groups is 4. The molecule has 0 aliphatic carbocycles. The SMILES string of the molecule is O=C1NC(=O)C(C(=O)Nc2ccccc2Oc2ccccn2)C(=O)N1. The summed E-state index contributed by atoms with van der Waals surface area (Å²) in [5, 5.41) is 6.19. The van der Waals surface area contributed by atoms with E-state index in [-0.39, 0.29) is 11.4 Å². The van der Waals surface area contributed by atoms with Crippen LogP contribution in [0.4, 0.5) is 10.5 Å². The number of barbiturate groups is 1. The van der Waals surface area contributed by atoms with Gasteiger partial charge in [0.05, 0.1) is 5.69 Å². The molecule has 1 aliphatic rings. The van der Waals surface area contributed by atoms with Crippen LogP contribution in [-0.2, 0) is 14.4 Å². The van der Waals surface area contributed by atoms with Gasteiger partial charge in [0.25, 0.3) is 0 Å². The highest BCUT2D eigenvalue weighted by Gasteiger charge is 2.40. The quantitative estimate of drug-likeness (QED) is 0.707. The van der Waals surface area contributed by atoms with Crippen LogP contribution in [0.15, 0.2) is 48.7 Å². The molecule has 126 valence electrons. The number of hydrogen-bond acceptors (Lipinski definition) is 6. The first kappa shape index (κ1) is 16.1. The fourth-order valence-electron chi connectivity index (χ4n) is 2.14. The van der Waals surface area contributed by atoms with Gasteiger partial charge in [-0.05, 0) is 18.2 Å². The van der Waals surface area contributed by atoms with Gasteiger partial charge in [-0.25, -0.2) is 9.78 Å². The lowest BCUT2D eigenvalue weighted by Crippen LogP contribution is -2.58. The molecule has 1 saturated heterocycles. The molecule has 25 heavy (non-hydrogen) atoms. The highest BCUT2D eigenvalue weighted by atomic mass is 16.5. The maximum atomic E-state index is 12.3. The van der Waals surface area contributed by atoms with Crippen LogP contribution < -0.4 is 20.7 Å². The summed E-state index contributed by atoms with van der Waals surface area (Å²) < 4.78 is 5.59. The summed E-state index contributed by atoms with van der Waals surface area (Å²) in [4.78, 5) is 50.8. The number of rotatable bonds is 4. The predicted molar refractivity (Wildman–Crippen MR) is 84.6 cm³/mol. The number of anilines is 1. The minimum absolute atomic E-state index is 0.246. The Hall–Kier alpha value is -3.75. The van der Waals surface area contributed by atoms with E-state index in [1.165, 1.54) is 0 Å². The number of urea groups is 1. The lowest BCUT2D eigenvalue weighted by atomic mass is 10.1. The van der Waals surface area contributed by atoms with Crippen molar-refractivity contribution >= 4 is 29.4 Å². The van der Waals surface area contributed by atoms with Gasteiger partial charge < -0.3 is 10.1 Å². The molecule has 9 heteroatoms. The Balaban J connectivity index is 1.79. The van der Waals surface area contributed by atoms with E-state index in [2.05, 4.69) is 10.3 Å². The van der Waals surface area contributed by atoms with Crippen molar-refractivity contribution in [1.82, 2.24) is 15.6 Å². The maximum absolute atomic E-state index is 12.3. The molecular formula is C16H12N4O5. The first-order chi connectivity index (χ1) is 12.0. The van der Waals surface area contributed by atoms with Gasteiger partial charge >= 0.3 is 6.03 Å². The lowest BCUT2D eigenvalue weighted by Gasteiger charge is -2.20. The van der Waals surface area contributed by atoms with Gasteiger partial charge in [0.15, 0.2) is 11.7 Å². The molecule has 1 aliphatic heterocycles. The first-order valence-electron chi connectivity index (χ1n) is 7.19. The van der Waals surface area contributed by atoms with Gasteiger partial charge in [-0.15, -0.1) is 0 Å². The van der Waals surface area contributed by atoms with Crippen LogP contribution >= 0.6 is 0 Å². The second-order valence-electron chi connectivity index (χ2n) is 5.00. The van der Waals surface area contributed by atoms with E-state index in [1.54, 1.807) is 48.7 Å². The van der Waals surface area contributed by atoms with Crippen molar-refractivity contribution in [3.05, 3.63) is 48.7 Å². The van der Waals surface area contributed by atoms with Gasteiger partial charge in [0, 0.05) is 12.3 Å². The third-order valence-corrected chi connectivity index (χ3v) is 3.26. The van der Waals surface area contributed by atoms with Gasteiger partial charge in [0.2, 0.25) is 23.6 Å². The summed E-state index contributed by atoms with van der Waals surface area (Å²) in [5.74, 6) is -3.96. The summed E-state index contributed by atoms with van der Waals surface area (Å²) in [5.41, 5.74) is 0.246. The Morgan fingerprint density at radius 1 is 1.00 bits per heavy atom. The van der Waals surface area contributed by atoms with E-state index in [0.717, 1.165) is 0 Å². The molecule has 1 aromatic heterocycles. The van der Waals surface area contributed by atoms with Crippen LogP contribution in [0.5, 0.6) is 11.6 Å². The van der Waals surface area contributed by atoms with E-state index < -0.39 is 29.7 Å². The van der Waals surface area contributed by atoms with E-state index in [4.69, 9.17) is 4.74 Å². The Morgan fingerprint density at radius 3 is 2.36 bits per heavy atom. The fraction of sp³-hybridized carbons (Fsp3) is 0.0625. The molecule has 3 N–H and O–H groups in total. The molecule has 2 aromatic rings. The van der Waals surface area contributed by atoms with Crippen LogP contribution in [0.3, 0.4) is 0 Å². The van der Waals surface area contributed by atoms with Crippen molar-refractivity contribution in [1.29, 1.82) is 0 Å². The molecule has 0 spiro atoms. The van der Waals surface area contributed by atoms with Crippen LogP contribution in [0.25, 0.3) is 0 Å². The molecule has 5 amide bonds. The van der Waals surface area contributed by atoms with E-state index >= 15 is 0 Å². The number of imide groups is 2. The third kappa shape index (κ3) is 3.61. The minimum atomic E-state index is -1.68. The zero-order valence-electron chi connectivity index (χ0n) is 12.7. The van der Waals surface area contributed by atoms with Crippen molar-refractivity contribution in [2.24, 2.45) is 5.92 Å². The molecule has 0 unspecified atom stereocenters. The average molecular weight is 340 g/mol. The van der Waals surface area contributed by atoms with Crippen molar-refractivity contribution in [3.8, 4) is 11.6 Å². The first-order valence-corrected chi connectivity index (χ1v) is 7.19. The Bertz CT molecular complexity index is 833. The number of benzene rings is 1. The highest BCUT2D eigenvalue weighted by Crippen LogP contribution is 2.28. The second kappa shape index (κ2) is 6.79. The molecule has 9 nitrogen and oxygen atoms in total. The molecule has 3 rings (SSSR count). The highest BCUT2D eigenvalue weighted by molar-refractivity contribution is 6.28. The van der Waals surface area contributed by atoms with Crippen LogP contribution in [0.2, 0.25) is 0 Å². The summed E-state index contributed by atoms with van der Waals surface area (Å²) in [7, 11) is 0. The van der Waals surface area contributed by atoms with E-state index in [0.29, 0.717) is 5.88 Å². The van der Waals surface area contributed by atoms with Crippen molar-refractivity contribution in [2.45, 2.75) is 0 Å². The van der Waals surface area contributed by atoms with Crippen molar-refractivity contribution in [3.63, 3.8) is 0 Å². The minimum Gasteiger partial charge on any atom is -0.437 e.